The second-order valence-corrected chi connectivity index (χ2v) is 9.60. The maximum Gasteiger partial charge on any atom is 0.259 e. The van der Waals surface area contributed by atoms with E-state index >= 15 is 0 Å². The Hall–Kier alpha value is -3.46. The Labute approximate surface area is 212 Å². The summed E-state index contributed by atoms with van der Waals surface area (Å²) in [5, 5.41) is 9.83. The van der Waals surface area contributed by atoms with Crippen molar-refractivity contribution in [3.05, 3.63) is 47.7 Å². The Bertz CT molecular complexity index is 1100. The van der Waals surface area contributed by atoms with Crippen LogP contribution >= 0.6 is 0 Å². The van der Waals surface area contributed by atoms with Crippen LogP contribution in [-0.4, -0.2) is 95.5 Å². The molecule has 0 fully saturated rings. The Balaban J connectivity index is 2.01. The van der Waals surface area contributed by atoms with Gasteiger partial charge in [0.15, 0.2) is 0 Å². The van der Waals surface area contributed by atoms with E-state index in [1.165, 1.54) is 4.90 Å². The van der Waals surface area contributed by atoms with Gasteiger partial charge in [0.2, 0.25) is 11.8 Å². The molecular formula is C27H36N4O5. The van der Waals surface area contributed by atoms with Crippen molar-refractivity contribution >= 4 is 17.7 Å². The molecule has 0 bridgehead atoms. The van der Waals surface area contributed by atoms with Gasteiger partial charge in [-0.2, -0.15) is 0 Å². The Morgan fingerprint density at radius 2 is 1.86 bits per heavy atom. The van der Waals surface area contributed by atoms with Gasteiger partial charge in [-0.1, -0.05) is 26.0 Å². The monoisotopic (exact) mass is 496 g/mol. The van der Waals surface area contributed by atoms with Crippen molar-refractivity contribution < 1.29 is 24.2 Å². The molecule has 3 amide bonds. The van der Waals surface area contributed by atoms with Crippen LogP contribution in [0.15, 0.2) is 36.5 Å². The average Bonchev–Trinajstić information content (AvgIpc) is 2.88. The number of fused-ring (bicyclic) bond motifs is 1. The van der Waals surface area contributed by atoms with Crippen molar-refractivity contribution in [2.24, 2.45) is 5.92 Å². The zero-order valence-corrected chi connectivity index (χ0v) is 21.9. The molecule has 1 aliphatic rings. The first-order valence-corrected chi connectivity index (χ1v) is 12.2. The second-order valence-electron chi connectivity index (χ2n) is 9.60. The van der Waals surface area contributed by atoms with E-state index in [9.17, 15) is 19.5 Å². The molecule has 0 radical (unpaired) electrons. The second kappa shape index (κ2) is 11.5. The Morgan fingerprint density at radius 3 is 2.44 bits per heavy atom. The fourth-order valence-corrected chi connectivity index (χ4v) is 4.18. The first-order valence-electron chi connectivity index (χ1n) is 12.2. The number of benzene rings is 1. The summed E-state index contributed by atoms with van der Waals surface area (Å²) in [6.07, 6.45) is 1.64. The van der Waals surface area contributed by atoms with E-state index in [1.807, 2.05) is 26.0 Å². The molecule has 0 saturated carbocycles. The molecule has 0 unspecified atom stereocenters. The van der Waals surface area contributed by atoms with E-state index in [2.05, 4.69) is 4.98 Å². The largest absolute Gasteiger partial charge is 0.472 e. The number of aromatic nitrogens is 1. The molecule has 3 atom stereocenters. The normalized spacial score (nSPS) is 18.4. The summed E-state index contributed by atoms with van der Waals surface area (Å²) in [7, 11) is 5.13. The lowest BCUT2D eigenvalue weighted by Crippen LogP contribution is -2.50. The van der Waals surface area contributed by atoms with Gasteiger partial charge >= 0.3 is 0 Å². The van der Waals surface area contributed by atoms with Crippen LogP contribution in [0.5, 0.6) is 5.88 Å². The van der Waals surface area contributed by atoms with Gasteiger partial charge in [0.25, 0.3) is 11.8 Å². The van der Waals surface area contributed by atoms with Gasteiger partial charge in [-0.15, -0.1) is 0 Å². The zero-order chi connectivity index (χ0) is 26.6. The number of hydrogen-bond donors (Lipinski definition) is 1. The standard InChI is InChI=1S/C27H36N4O5/c1-7-24(33)30(6)15-23-17(2)14-31(18(3)16-32)27(35)22-12-21(13-28-25(22)36-23)19-8-10-20(11-9-19)26(34)29(4)5/h8-13,17-18,23,32H,7,14-16H2,1-6H3/t17-,18+,23-/m0/s1. The third kappa shape index (κ3) is 5.84. The van der Waals surface area contributed by atoms with Gasteiger partial charge in [0.1, 0.15) is 11.7 Å². The lowest BCUT2D eigenvalue weighted by Gasteiger charge is -2.37. The zero-order valence-electron chi connectivity index (χ0n) is 21.9. The lowest BCUT2D eigenvalue weighted by molar-refractivity contribution is -0.131. The van der Waals surface area contributed by atoms with E-state index in [1.54, 1.807) is 62.3 Å². The molecule has 0 aliphatic carbocycles. The van der Waals surface area contributed by atoms with E-state index < -0.39 is 6.04 Å². The van der Waals surface area contributed by atoms with Gasteiger partial charge in [-0.3, -0.25) is 14.4 Å². The summed E-state index contributed by atoms with van der Waals surface area (Å²) in [6, 6.07) is 8.45. The lowest BCUT2D eigenvalue weighted by atomic mass is 9.98. The van der Waals surface area contributed by atoms with Crippen LogP contribution in [0.3, 0.4) is 0 Å². The summed E-state index contributed by atoms with van der Waals surface area (Å²) in [4.78, 5) is 47.3. The number of pyridine rings is 1. The number of carbonyl (C=O) groups is 3. The molecule has 1 aliphatic heterocycles. The van der Waals surface area contributed by atoms with Gasteiger partial charge in [0.05, 0.1) is 19.2 Å². The van der Waals surface area contributed by atoms with Crippen molar-refractivity contribution in [2.45, 2.75) is 39.3 Å². The molecule has 9 heteroatoms. The molecule has 2 heterocycles. The topological polar surface area (TPSA) is 103 Å². The first-order chi connectivity index (χ1) is 17.1. The van der Waals surface area contributed by atoms with Gasteiger partial charge in [-0.05, 0) is 30.7 Å². The fourth-order valence-electron chi connectivity index (χ4n) is 4.18. The minimum absolute atomic E-state index is 0.00393. The highest BCUT2D eigenvalue weighted by Crippen LogP contribution is 2.30. The number of hydrogen-bond acceptors (Lipinski definition) is 6. The molecule has 1 aromatic carbocycles. The maximum absolute atomic E-state index is 13.6. The Morgan fingerprint density at radius 1 is 1.19 bits per heavy atom. The molecule has 0 spiro atoms. The van der Waals surface area contributed by atoms with Crippen LogP contribution in [0.1, 0.15) is 47.9 Å². The predicted octanol–water partition coefficient (Wildman–Crippen LogP) is 2.54. The number of aliphatic hydroxyl groups is 1. The van der Waals surface area contributed by atoms with Crippen LogP contribution in [0.25, 0.3) is 11.1 Å². The van der Waals surface area contributed by atoms with Gasteiger partial charge < -0.3 is 24.5 Å². The van der Waals surface area contributed by atoms with Crippen LogP contribution in [-0.2, 0) is 4.79 Å². The fraction of sp³-hybridized carbons (Fsp3) is 0.481. The number of ether oxygens (including phenoxy) is 1. The SMILES string of the molecule is CCC(=O)N(C)C[C@@H]1Oc2ncc(-c3ccc(C(=O)N(C)C)cc3)cc2C(=O)N([C@H](C)CO)C[C@@H]1C. The van der Waals surface area contributed by atoms with Crippen LogP contribution in [0.4, 0.5) is 0 Å². The summed E-state index contributed by atoms with van der Waals surface area (Å²) in [5.41, 5.74) is 2.36. The van der Waals surface area contributed by atoms with E-state index in [0.717, 1.165) is 5.56 Å². The van der Waals surface area contributed by atoms with Gasteiger partial charge in [-0.25, -0.2) is 4.98 Å². The van der Waals surface area contributed by atoms with Crippen molar-refractivity contribution in [3.8, 4) is 17.0 Å². The third-order valence-electron chi connectivity index (χ3n) is 6.57. The number of rotatable bonds is 7. The number of likely N-dealkylation sites (N-methyl/N-ethyl adjacent to an activating group) is 1. The number of carbonyl (C=O) groups excluding carboxylic acids is 3. The average molecular weight is 497 g/mol. The van der Waals surface area contributed by atoms with Gasteiger partial charge in [0, 0.05) is 57.4 Å². The Kier molecular flexibility index (Phi) is 8.68. The highest BCUT2D eigenvalue weighted by molar-refractivity contribution is 5.98. The maximum atomic E-state index is 13.6. The minimum Gasteiger partial charge on any atom is -0.472 e. The summed E-state index contributed by atoms with van der Waals surface area (Å²) >= 11 is 0. The quantitative estimate of drug-likeness (QED) is 0.632. The van der Waals surface area contributed by atoms with Crippen molar-refractivity contribution in [1.29, 1.82) is 0 Å². The van der Waals surface area contributed by atoms with E-state index in [0.29, 0.717) is 36.2 Å². The molecule has 3 rings (SSSR count). The van der Waals surface area contributed by atoms with Crippen molar-refractivity contribution in [1.82, 2.24) is 19.7 Å². The molecule has 36 heavy (non-hydrogen) atoms. The molecule has 9 nitrogen and oxygen atoms in total. The van der Waals surface area contributed by atoms with Crippen molar-refractivity contribution in [3.63, 3.8) is 0 Å². The highest BCUT2D eigenvalue weighted by atomic mass is 16.5. The highest BCUT2D eigenvalue weighted by Gasteiger charge is 2.34. The smallest absolute Gasteiger partial charge is 0.259 e. The summed E-state index contributed by atoms with van der Waals surface area (Å²) in [5.74, 6) is -0.270. The number of aliphatic hydroxyl groups excluding tert-OH is 1. The molecule has 2 aromatic rings. The van der Waals surface area contributed by atoms with Crippen LogP contribution in [0, 0.1) is 5.92 Å². The van der Waals surface area contributed by atoms with Crippen LogP contribution in [0.2, 0.25) is 0 Å². The minimum atomic E-state index is -0.401. The number of amides is 3. The van der Waals surface area contributed by atoms with E-state index in [4.69, 9.17) is 4.74 Å². The van der Waals surface area contributed by atoms with Crippen molar-refractivity contribution in [2.75, 3.05) is 40.8 Å². The summed E-state index contributed by atoms with van der Waals surface area (Å²) < 4.78 is 6.25. The first kappa shape index (κ1) is 27.1. The molecular weight excluding hydrogens is 460 g/mol. The van der Waals surface area contributed by atoms with E-state index in [-0.39, 0.29) is 42.2 Å². The molecule has 1 aromatic heterocycles. The predicted molar refractivity (Wildman–Crippen MR) is 137 cm³/mol. The third-order valence-corrected chi connectivity index (χ3v) is 6.57. The number of nitrogens with zero attached hydrogens (tertiary/aromatic N) is 4. The molecule has 0 saturated heterocycles. The molecule has 194 valence electrons. The van der Waals surface area contributed by atoms with Crippen LogP contribution < -0.4 is 4.74 Å². The summed E-state index contributed by atoms with van der Waals surface area (Å²) in [6.45, 7) is 6.12. The molecule has 1 N–H and O–H groups in total.